The molecule has 2 N–H and O–H groups in total. The van der Waals surface area contributed by atoms with Crippen molar-refractivity contribution in [3.63, 3.8) is 0 Å². The largest absolute Gasteiger partial charge is 0.379 e. The Hall–Kier alpha value is -2.55. The number of morpholine rings is 1. The number of carbonyl (C=O) groups excluding carboxylic acids is 2. The van der Waals surface area contributed by atoms with Crippen LogP contribution in [-0.4, -0.2) is 115 Å². The molecule has 0 radical (unpaired) electrons. The first-order valence-corrected chi connectivity index (χ1v) is 20.9. The molecule has 12 nitrogen and oxygen atoms in total. The summed E-state index contributed by atoms with van der Waals surface area (Å²) in [6, 6.07) is 6.50. The third-order valence-corrected chi connectivity index (χ3v) is 13.3. The van der Waals surface area contributed by atoms with E-state index in [1.54, 1.807) is 24.3 Å². The van der Waals surface area contributed by atoms with Crippen LogP contribution in [0.4, 0.5) is 0 Å². The van der Waals surface area contributed by atoms with Crippen LogP contribution in [0.5, 0.6) is 0 Å². The van der Waals surface area contributed by atoms with Gasteiger partial charge in [-0.2, -0.15) is 5.10 Å². The van der Waals surface area contributed by atoms with Crippen molar-refractivity contribution in [2.24, 2.45) is 5.92 Å². The van der Waals surface area contributed by atoms with Crippen LogP contribution in [-0.2, 0) is 30.9 Å². The summed E-state index contributed by atoms with van der Waals surface area (Å²) in [7, 11) is -3.62. The number of aryl methyl sites for hydroxylation is 1. The highest BCUT2D eigenvalue weighted by Gasteiger charge is 2.53. The maximum absolute atomic E-state index is 14.0. The molecule has 1 aromatic carbocycles. The normalized spacial score (nSPS) is 22.1. The third kappa shape index (κ3) is 9.21. The van der Waals surface area contributed by atoms with Crippen molar-refractivity contribution in [1.29, 1.82) is 0 Å². The van der Waals surface area contributed by atoms with E-state index in [-0.39, 0.29) is 29.1 Å². The number of nitrogens with one attached hydrogen (secondary N) is 2. The average molecular weight is 762 g/mol. The molecule has 1 aromatic heterocycles. The molecule has 0 bridgehead atoms. The number of unbranched alkanes of at least 4 members (excludes halogenated alkanes) is 1. The third-order valence-electron chi connectivity index (χ3n) is 11.8. The Morgan fingerprint density at radius 2 is 1.63 bits per heavy atom. The van der Waals surface area contributed by atoms with E-state index >= 15 is 0 Å². The van der Waals surface area contributed by atoms with Gasteiger partial charge in [-0.15, -0.1) is 12.4 Å². The summed E-state index contributed by atoms with van der Waals surface area (Å²) in [6.45, 7) is 13.4. The zero-order valence-corrected chi connectivity index (χ0v) is 33.0. The van der Waals surface area contributed by atoms with Gasteiger partial charge in [-0.1, -0.05) is 45.4 Å². The minimum atomic E-state index is -3.62. The predicted molar refractivity (Wildman–Crippen MR) is 204 cm³/mol. The zero-order valence-electron chi connectivity index (χ0n) is 31.4. The molecular formula is C38H60ClN7O5S. The van der Waals surface area contributed by atoms with Crippen molar-refractivity contribution in [1.82, 2.24) is 34.5 Å². The van der Waals surface area contributed by atoms with Crippen LogP contribution in [0.2, 0.25) is 0 Å². The van der Waals surface area contributed by atoms with Crippen LogP contribution in [0.3, 0.4) is 0 Å². The van der Waals surface area contributed by atoms with Gasteiger partial charge in [0.2, 0.25) is 21.8 Å². The molecule has 4 aliphatic rings. The number of halogens is 1. The fraction of sp³-hybridized carbons (Fsp3) is 0.711. The summed E-state index contributed by atoms with van der Waals surface area (Å²) in [5.41, 5.74) is 3.08. The van der Waals surface area contributed by atoms with E-state index in [0.29, 0.717) is 51.5 Å². The van der Waals surface area contributed by atoms with Gasteiger partial charge in [0.1, 0.15) is 11.6 Å². The van der Waals surface area contributed by atoms with Gasteiger partial charge < -0.3 is 15.0 Å². The van der Waals surface area contributed by atoms with Crippen molar-refractivity contribution >= 4 is 34.2 Å². The standard InChI is InChI=1S/C38H59N7O5S.ClH/c1-4-5-20-44-36(46)35(27-31-10-7-6-8-11-31)40-37(47)38(44)16-21-43(22-17-38)28-34-29(2)41-45(30(34)3)32-12-14-33(15-13-32)51(48,49)39-18-9-19-42-23-25-50-26-24-42;/h12-15,31,35,39H,4-11,16-28H2,1-3H3,(H,40,47);1H/t35-;/m0./s1. The van der Waals surface area contributed by atoms with Gasteiger partial charge >= 0.3 is 0 Å². The molecule has 1 atom stereocenters. The summed E-state index contributed by atoms with van der Waals surface area (Å²) < 4.78 is 36.0. The number of ether oxygens (including phenoxy) is 1. The molecule has 6 rings (SSSR count). The topological polar surface area (TPSA) is 129 Å². The Kier molecular flexibility index (Phi) is 14.2. The molecule has 290 valence electrons. The zero-order chi connectivity index (χ0) is 36.0. The number of piperidine rings is 1. The van der Waals surface area contributed by atoms with Crippen LogP contribution < -0.4 is 10.0 Å². The molecule has 2 aromatic rings. The molecule has 4 fully saturated rings. The number of amides is 2. The number of rotatable bonds is 14. The van der Waals surface area contributed by atoms with Crippen LogP contribution in [0.1, 0.15) is 94.5 Å². The van der Waals surface area contributed by atoms with Gasteiger partial charge in [-0.25, -0.2) is 17.8 Å². The lowest BCUT2D eigenvalue weighted by Crippen LogP contribution is -2.73. The summed E-state index contributed by atoms with van der Waals surface area (Å²) in [5, 5.41) is 8.06. The second kappa shape index (κ2) is 18.2. The highest BCUT2D eigenvalue weighted by Crippen LogP contribution is 2.36. The van der Waals surface area contributed by atoms with Crippen LogP contribution in [0.15, 0.2) is 29.2 Å². The molecule has 1 saturated carbocycles. The lowest BCUT2D eigenvalue weighted by atomic mass is 9.79. The number of hydrogen-bond acceptors (Lipinski definition) is 8. The van der Waals surface area contributed by atoms with Gasteiger partial charge in [0.05, 0.1) is 29.5 Å². The number of benzene rings is 1. The maximum Gasteiger partial charge on any atom is 0.246 e. The first-order valence-electron chi connectivity index (χ1n) is 19.4. The number of aromatic nitrogens is 2. The van der Waals surface area contributed by atoms with Crippen molar-refractivity contribution in [3.05, 3.63) is 41.2 Å². The van der Waals surface area contributed by atoms with E-state index in [2.05, 4.69) is 26.8 Å². The molecule has 1 spiro atoms. The van der Waals surface area contributed by atoms with Crippen molar-refractivity contribution in [2.45, 2.75) is 114 Å². The Balaban J connectivity index is 0.00000523. The molecule has 2 amide bonds. The van der Waals surface area contributed by atoms with E-state index in [0.717, 1.165) is 94.0 Å². The van der Waals surface area contributed by atoms with Gasteiger partial charge in [0.15, 0.2) is 0 Å². The Bertz CT molecular complexity index is 1600. The van der Waals surface area contributed by atoms with Crippen LogP contribution in [0.25, 0.3) is 5.69 Å². The Morgan fingerprint density at radius 3 is 2.31 bits per heavy atom. The van der Waals surface area contributed by atoms with Gasteiger partial charge in [0.25, 0.3) is 0 Å². The number of piperazine rings is 1. The van der Waals surface area contributed by atoms with E-state index in [1.807, 2.05) is 23.4 Å². The highest BCUT2D eigenvalue weighted by molar-refractivity contribution is 7.89. The minimum absolute atomic E-state index is 0. The Labute approximate surface area is 316 Å². The van der Waals surface area contributed by atoms with Crippen LogP contribution in [0, 0.1) is 19.8 Å². The second-order valence-electron chi connectivity index (χ2n) is 15.2. The smallest absolute Gasteiger partial charge is 0.246 e. The fourth-order valence-electron chi connectivity index (χ4n) is 8.57. The first kappa shape index (κ1) is 40.6. The van der Waals surface area contributed by atoms with E-state index in [9.17, 15) is 18.0 Å². The molecule has 0 unspecified atom stereocenters. The SMILES string of the molecule is CCCCN1C(=O)[C@H](CC2CCCCC2)NC(=O)C12CCN(Cc1c(C)nn(-c3ccc(S(=O)(=O)NCCCN4CCOCC4)cc3)c1C)CC2.Cl. The Morgan fingerprint density at radius 1 is 0.942 bits per heavy atom. The van der Waals surface area contributed by atoms with E-state index < -0.39 is 21.6 Å². The van der Waals surface area contributed by atoms with Crippen molar-refractivity contribution in [3.8, 4) is 5.69 Å². The minimum Gasteiger partial charge on any atom is -0.379 e. The van der Waals surface area contributed by atoms with Gasteiger partial charge in [-0.05, 0) is 82.7 Å². The number of likely N-dealkylation sites (tertiary alicyclic amines) is 1. The lowest BCUT2D eigenvalue weighted by Gasteiger charge is -2.52. The fourth-order valence-corrected chi connectivity index (χ4v) is 9.65. The van der Waals surface area contributed by atoms with E-state index in [1.165, 1.54) is 19.3 Å². The second-order valence-corrected chi connectivity index (χ2v) is 16.9. The monoisotopic (exact) mass is 761 g/mol. The van der Waals surface area contributed by atoms with Crippen LogP contribution >= 0.6 is 12.4 Å². The molecule has 3 aliphatic heterocycles. The summed E-state index contributed by atoms with van der Waals surface area (Å²) >= 11 is 0. The maximum atomic E-state index is 14.0. The summed E-state index contributed by atoms with van der Waals surface area (Å²) in [4.78, 5) is 34.7. The van der Waals surface area contributed by atoms with Crippen molar-refractivity contribution in [2.75, 3.05) is 59.0 Å². The number of sulfonamides is 1. The van der Waals surface area contributed by atoms with Crippen molar-refractivity contribution < 1.29 is 22.7 Å². The first-order chi connectivity index (χ1) is 24.6. The highest BCUT2D eigenvalue weighted by atomic mass is 35.5. The quantitative estimate of drug-likeness (QED) is 0.272. The molecule has 3 saturated heterocycles. The summed E-state index contributed by atoms with van der Waals surface area (Å²) in [6.07, 6.45) is 10.7. The van der Waals surface area contributed by atoms with Gasteiger partial charge in [-0.3, -0.25) is 19.4 Å². The predicted octanol–water partition coefficient (Wildman–Crippen LogP) is 4.34. The number of hydrogen-bond donors (Lipinski definition) is 2. The molecule has 1 aliphatic carbocycles. The number of carbonyl (C=O) groups is 2. The van der Waals surface area contributed by atoms with E-state index in [4.69, 9.17) is 9.84 Å². The number of nitrogens with zero attached hydrogens (tertiary/aromatic N) is 5. The lowest BCUT2D eigenvalue weighted by molar-refractivity contribution is -0.162. The molecule has 14 heteroatoms. The summed E-state index contributed by atoms with van der Waals surface area (Å²) in [5.74, 6) is 0.675. The average Bonchev–Trinajstić information content (AvgIpc) is 3.42. The van der Waals surface area contributed by atoms with Gasteiger partial charge in [0, 0.05) is 57.1 Å². The molecule has 52 heavy (non-hydrogen) atoms. The molecule has 4 heterocycles. The molecular weight excluding hydrogens is 702 g/mol.